The maximum Gasteiger partial charge on any atom is 0.529 e. The molecular weight excluding hydrogens is 369 g/mol. The topological polar surface area (TPSA) is 66.5 Å². The fourth-order valence-corrected chi connectivity index (χ4v) is 4.96. The van der Waals surface area contributed by atoms with Crippen molar-refractivity contribution in [3.63, 3.8) is 0 Å². The maximum absolute atomic E-state index is 12.3. The zero-order chi connectivity index (χ0) is 19.7. The molecule has 1 aliphatic carbocycles. The molecule has 150 valence electrons. The van der Waals surface area contributed by atoms with Gasteiger partial charge in [0, 0.05) is 32.1 Å². The lowest BCUT2D eigenvalue weighted by atomic mass is 9.68. The Bertz CT molecular complexity index is 759. The second kappa shape index (κ2) is 7.84. The monoisotopic (exact) mass is 397 g/mol. The van der Waals surface area contributed by atoms with E-state index in [9.17, 15) is 4.57 Å². The summed E-state index contributed by atoms with van der Waals surface area (Å²) in [6.45, 7) is 0.967. The van der Waals surface area contributed by atoms with Crippen LogP contribution in [0.5, 0.6) is 11.5 Å². The normalized spacial score (nSPS) is 25.7. The lowest BCUT2D eigenvalue weighted by molar-refractivity contribution is 0.166. The predicted molar refractivity (Wildman–Crippen MR) is 102 cm³/mol. The molecule has 1 heterocycles. The third kappa shape index (κ3) is 3.61. The molecule has 1 aromatic rings. The Morgan fingerprint density at radius 3 is 2.41 bits per heavy atom. The smallest absolute Gasteiger partial charge is 0.493 e. The highest BCUT2D eigenvalue weighted by Crippen LogP contribution is 2.54. The second-order valence-electron chi connectivity index (χ2n) is 6.94. The highest BCUT2D eigenvalue weighted by Gasteiger charge is 2.49. The quantitative estimate of drug-likeness (QED) is 0.650. The third-order valence-corrected chi connectivity index (χ3v) is 7.10. The molecule has 1 fully saturated rings. The molecule has 0 spiro atoms. The summed E-state index contributed by atoms with van der Waals surface area (Å²) in [6, 6.07) is 6.27. The van der Waals surface area contributed by atoms with Crippen LogP contribution in [0.25, 0.3) is 0 Å². The number of likely N-dealkylation sites (N-methyl/N-ethyl adjacent to an activating group) is 1. The summed E-state index contributed by atoms with van der Waals surface area (Å²) in [5, 5.41) is 0. The molecule has 0 saturated carbocycles. The molecule has 8 heteroatoms. The van der Waals surface area contributed by atoms with Gasteiger partial charge in [0.25, 0.3) is 0 Å². The number of hydrogen-bond acceptors (Lipinski definition) is 7. The molecule has 27 heavy (non-hydrogen) atoms. The SMILES string of the molecule is COc1ccc([C@@]23CCC(OP(=O)(OC)OC)=C[C@@H]2N(C)CC3)cc1OC. The van der Waals surface area contributed by atoms with Gasteiger partial charge in [0.15, 0.2) is 11.5 Å². The van der Waals surface area contributed by atoms with Crippen LogP contribution < -0.4 is 9.47 Å². The van der Waals surface area contributed by atoms with E-state index in [0.717, 1.165) is 30.9 Å². The number of benzene rings is 1. The van der Waals surface area contributed by atoms with Gasteiger partial charge < -0.3 is 14.0 Å². The number of phosphoric ester groups is 1. The summed E-state index contributed by atoms with van der Waals surface area (Å²) in [4.78, 5) is 2.30. The molecule has 7 nitrogen and oxygen atoms in total. The summed E-state index contributed by atoms with van der Waals surface area (Å²) < 4.78 is 38.7. The van der Waals surface area contributed by atoms with Crippen LogP contribution in [0.1, 0.15) is 24.8 Å². The molecule has 1 saturated heterocycles. The standard InChI is InChI=1S/C19H28NO6P/c1-20-11-10-19(14-6-7-16(22-2)17(12-14)23-3)9-8-15(13-18(19)20)26-27(21,24-4)25-5/h6-7,12-13,18H,8-11H2,1-5H3/t18-,19-/m0/s1. The number of ether oxygens (including phenoxy) is 2. The Morgan fingerprint density at radius 2 is 1.78 bits per heavy atom. The summed E-state index contributed by atoms with van der Waals surface area (Å²) >= 11 is 0. The Morgan fingerprint density at radius 1 is 1.07 bits per heavy atom. The van der Waals surface area contributed by atoms with Crippen molar-refractivity contribution in [1.29, 1.82) is 0 Å². The number of methoxy groups -OCH3 is 2. The number of nitrogens with zero attached hydrogens (tertiary/aromatic N) is 1. The average molecular weight is 397 g/mol. The van der Waals surface area contributed by atoms with Crippen molar-refractivity contribution in [2.75, 3.05) is 42.0 Å². The highest BCUT2D eigenvalue weighted by atomic mass is 31.2. The van der Waals surface area contributed by atoms with Gasteiger partial charge in [-0.05, 0) is 50.2 Å². The molecular formula is C19H28NO6P. The van der Waals surface area contributed by atoms with Crippen molar-refractivity contribution >= 4 is 7.82 Å². The number of fused-ring (bicyclic) bond motifs is 1. The molecule has 0 aromatic heterocycles. The van der Waals surface area contributed by atoms with Gasteiger partial charge in [-0.1, -0.05) is 6.07 Å². The lowest BCUT2D eigenvalue weighted by Gasteiger charge is -2.40. The molecule has 0 N–H and O–H groups in total. The number of rotatable bonds is 7. The minimum atomic E-state index is -3.55. The molecule has 0 radical (unpaired) electrons. The van der Waals surface area contributed by atoms with Crippen LogP contribution in [0.4, 0.5) is 0 Å². The van der Waals surface area contributed by atoms with Crippen molar-refractivity contribution in [3.05, 3.63) is 35.6 Å². The van der Waals surface area contributed by atoms with E-state index in [0.29, 0.717) is 12.2 Å². The fraction of sp³-hybridized carbons (Fsp3) is 0.579. The molecule has 0 unspecified atom stereocenters. The first-order valence-corrected chi connectivity index (χ1v) is 10.4. The van der Waals surface area contributed by atoms with Crippen LogP contribution in [0.3, 0.4) is 0 Å². The van der Waals surface area contributed by atoms with Crippen molar-refractivity contribution in [1.82, 2.24) is 4.90 Å². The van der Waals surface area contributed by atoms with Gasteiger partial charge in [-0.25, -0.2) is 4.57 Å². The van der Waals surface area contributed by atoms with Crippen molar-refractivity contribution in [2.45, 2.75) is 30.7 Å². The average Bonchev–Trinajstić information content (AvgIpc) is 3.04. The third-order valence-electron chi connectivity index (χ3n) is 5.75. The molecule has 0 amide bonds. The minimum absolute atomic E-state index is 0.0503. The first-order chi connectivity index (χ1) is 12.9. The van der Waals surface area contributed by atoms with Crippen molar-refractivity contribution in [3.8, 4) is 11.5 Å². The summed E-state index contributed by atoms with van der Waals surface area (Å²) in [5.41, 5.74) is 1.16. The second-order valence-corrected chi connectivity index (χ2v) is 8.75. The Labute approximate surface area is 160 Å². The van der Waals surface area contributed by atoms with Crippen molar-refractivity contribution in [2.24, 2.45) is 0 Å². The van der Waals surface area contributed by atoms with E-state index in [4.69, 9.17) is 23.0 Å². The largest absolute Gasteiger partial charge is 0.529 e. The number of likely N-dealkylation sites (tertiary alicyclic amines) is 1. The summed E-state index contributed by atoms with van der Waals surface area (Å²) in [7, 11) is 4.48. The van der Waals surface area contributed by atoms with Crippen LogP contribution in [-0.4, -0.2) is 53.0 Å². The van der Waals surface area contributed by atoms with Gasteiger partial charge in [-0.15, -0.1) is 0 Å². The van der Waals surface area contributed by atoms with E-state index in [2.05, 4.69) is 30.2 Å². The van der Waals surface area contributed by atoms with Crippen LogP contribution in [-0.2, 0) is 23.6 Å². The van der Waals surface area contributed by atoms with E-state index in [1.54, 1.807) is 14.2 Å². The van der Waals surface area contributed by atoms with Gasteiger partial charge in [-0.2, -0.15) is 0 Å². The van der Waals surface area contributed by atoms with Crippen LogP contribution in [0.2, 0.25) is 0 Å². The van der Waals surface area contributed by atoms with E-state index in [1.807, 2.05) is 6.07 Å². The van der Waals surface area contributed by atoms with Gasteiger partial charge in [0.2, 0.25) is 0 Å². The van der Waals surface area contributed by atoms with Gasteiger partial charge in [-0.3, -0.25) is 13.9 Å². The zero-order valence-corrected chi connectivity index (χ0v) is 17.5. The number of phosphoric acid groups is 1. The molecule has 3 rings (SSSR count). The molecule has 2 aliphatic rings. The van der Waals surface area contributed by atoms with Crippen LogP contribution >= 0.6 is 7.82 Å². The minimum Gasteiger partial charge on any atom is -0.493 e. The Kier molecular flexibility index (Phi) is 5.87. The van der Waals surface area contributed by atoms with E-state index < -0.39 is 7.82 Å². The maximum atomic E-state index is 12.3. The van der Waals surface area contributed by atoms with E-state index in [1.165, 1.54) is 19.8 Å². The van der Waals surface area contributed by atoms with E-state index >= 15 is 0 Å². The molecule has 1 aromatic carbocycles. The molecule has 1 aliphatic heterocycles. The molecule has 2 atom stereocenters. The number of allylic oxidation sites excluding steroid dienone is 1. The van der Waals surface area contributed by atoms with Gasteiger partial charge in [0.05, 0.1) is 14.2 Å². The van der Waals surface area contributed by atoms with E-state index in [-0.39, 0.29) is 11.5 Å². The van der Waals surface area contributed by atoms with Gasteiger partial charge >= 0.3 is 7.82 Å². The first-order valence-electron chi connectivity index (χ1n) is 8.96. The van der Waals surface area contributed by atoms with Crippen LogP contribution in [0, 0.1) is 0 Å². The molecule has 0 bridgehead atoms. The van der Waals surface area contributed by atoms with Crippen molar-refractivity contribution < 1.29 is 27.6 Å². The predicted octanol–water partition coefficient (Wildman–Crippen LogP) is 3.74. The summed E-state index contributed by atoms with van der Waals surface area (Å²) in [6.07, 6.45) is 4.61. The highest BCUT2D eigenvalue weighted by molar-refractivity contribution is 7.48. The number of hydrogen-bond donors (Lipinski definition) is 0. The summed E-state index contributed by atoms with van der Waals surface area (Å²) in [5.74, 6) is 2.10. The lowest BCUT2D eigenvalue weighted by Crippen LogP contribution is -2.42. The zero-order valence-electron chi connectivity index (χ0n) is 16.6. The van der Waals surface area contributed by atoms with Gasteiger partial charge in [0.1, 0.15) is 5.76 Å². The van der Waals surface area contributed by atoms with Crippen LogP contribution in [0.15, 0.2) is 30.0 Å². The Balaban J connectivity index is 1.96. The Hall–Kier alpha value is -1.53. The first kappa shape index (κ1) is 20.2. The fourth-order valence-electron chi connectivity index (χ4n) is 4.22.